The van der Waals surface area contributed by atoms with Crippen LogP contribution in [0.2, 0.25) is 0 Å². The molecule has 0 aliphatic carbocycles. The Morgan fingerprint density at radius 1 is 0.947 bits per heavy atom. The predicted octanol–water partition coefficient (Wildman–Crippen LogP) is 1.93. The summed E-state index contributed by atoms with van der Waals surface area (Å²) in [5, 5.41) is 3.65. The smallest absolute Gasteiger partial charge is 0.0221 e. The van der Waals surface area contributed by atoms with Crippen LogP contribution in [0.1, 0.15) is 45.4 Å². The number of likely N-dealkylation sites (tertiary alicyclic amines) is 2. The van der Waals surface area contributed by atoms with Crippen LogP contribution in [-0.4, -0.2) is 61.2 Å². The first-order valence-electron chi connectivity index (χ1n) is 8.51. The van der Waals surface area contributed by atoms with Crippen LogP contribution in [0, 0.1) is 5.92 Å². The minimum absolute atomic E-state index is 0.740. The van der Waals surface area contributed by atoms with Crippen molar-refractivity contribution in [2.75, 3.05) is 39.3 Å². The second-order valence-corrected chi connectivity index (χ2v) is 7.03. The Kier molecular flexibility index (Phi) is 4.78. The van der Waals surface area contributed by atoms with Crippen LogP contribution in [-0.2, 0) is 0 Å². The predicted molar refractivity (Wildman–Crippen MR) is 80.5 cm³/mol. The largest absolute Gasteiger partial charge is 0.313 e. The Hall–Kier alpha value is -0.120. The number of hydrogen-bond acceptors (Lipinski definition) is 3. The molecule has 0 amide bonds. The Morgan fingerprint density at radius 2 is 1.68 bits per heavy atom. The van der Waals surface area contributed by atoms with Crippen LogP contribution in [0.3, 0.4) is 0 Å². The monoisotopic (exact) mass is 265 g/mol. The quantitative estimate of drug-likeness (QED) is 0.841. The summed E-state index contributed by atoms with van der Waals surface area (Å²) in [6.45, 7) is 10.3. The molecule has 3 nitrogen and oxygen atoms in total. The fourth-order valence-corrected chi connectivity index (χ4v) is 4.13. The van der Waals surface area contributed by atoms with Gasteiger partial charge in [-0.2, -0.15) is 0 Å². The lowest BCUT2D eigenvalue weighted by Gasteiger charge is -2.41. The third-order valence-corrected chi connectivity index (χ3v) is 5.52. The highest BCUT2D eigenvalue weighted by Crippen LogP contribution is 2.24. The fraction of sp³-hybridized carbons (Fsp3) is 1.00. The molecule has 0 radical (unpaired) electrons. The molecule has 1 N–H and O–H groups in total. The van der Waals surface area contributed by atoms with Crippen molar-refractivity contribution in [3.8, 4) is 0 Å². The second-order valence-electron chi connectivity index (χ2n) is 7.03. The molecule has 3 rings (SSSR count). The van der Waals surface area contributed by atoms with Gasteiger partial charge in [0.2, 0.25) is 0 Å². The van der Waals surface area contributed by atoms with Crippen molar-refractivity contribution in [3.05, 3.63) is 0 Å². The molecule has 0 bridgehead atoms. The molecule has 110 valence electrons. The average molecular weight is 265 g/mol. The van der Waals surface area contributed by atoms with Crippen molar-refractivity contribution >= 4 is 0 Å². The highest BCUT2D eigenvalue weighted by molar-refractivity contribution is 4.85. The van der Waals surface area contributed by atoms with Crippen molar-refractivity contribution in [2.24, 2.45) is 5.92 Å². The van der Waals surface area contributed by atoms with Gasteiger partial charge in [-0.05, 0) is 77.5 Å². The van der Waals surface area contributed by atoms with Crippen molar-refractivity contribution in [1.29, 1.82) is 0 Å². The van der Waals surface area contributed by atoms with Gasteiger partial charge in [0.25, 0.3) is 0 Å². The minimum atomic E-state index is 0.740. The zero-order valence-electron chi connectivity index (χ0n) is 12.6. The molecule has 0 aromatic carbocycles. The van der Waals surface area contributed by atoms with Crippen LogP contribution < -0.4 is 5.32 Å². The van der Waals surface area contributed by atoms with Crippen LogP contribution in [0.25, 0.3) is 0 Å². The summed E-state index contributed by atoms with van der Waals surface area (Å²) in [7, 11) is 0. The molecule has 0 spiro atoms. The first kappa shape index (κ1) is 13.8. The van der Waals surface area contributed by atoms with E-state index in [2.05, 4.69) is 22.0 Å². The average Bonchev–Trinajstić information content (AvgIpc) is 2.94. The van der Waals surface area contributed by atoms with Gasteiger partial charge in [0, 0.05) is 25.2 Å². The van der Waals surface area contributed by atoms with Gasteiger partial charge in [0.05, 0.1) is 0 Å². The van der Waals surface area contributed by atoms with Crippen molar-refractivity contribution in [1.82, 2.24) is 15.1 Å². The summed E-state index contributed by atoms with van der Waals surface area (Å²) < 4.78 is 0. The topological polar surface area (TPSA) is 18.5 Å². The molecule has 2 atom stereocenters. The van der Waals surface area contributed by atoms with Gasteiger partial charge >= 0.3 is 0 Å². The molecular weight excluding hydrogens is 234 g/mol. The van der Waals surface area contributed by atoms with E-state index in [-0.39, 0.29) is 0 Å². The maximum absolute atomic E-state index is 3.65. The molecular formula is C16H31N3. The molecule has 3 fully saturated rings. The van der Waals surface area contributed by atoms with Gasteiger partial charge in [-0.3, -0.25) is 4.90 Å². The number of rotatable bonds is 3. The molecule has 0 saturated carbocycles. The Labute approximate surface area is 118 Å². The van der Waals surface area contributed by atoms with E-state index in [9.17, 15) is 0 Å². The molecule has 0 aromatic heterocycles. The molecule has 3 heteroatoms. The van der Waals surface area contributed by atoms with Crippen molar-refractivity contribution < 1.29 is 0 Å². The van der Waals surface area contributed by atoms with Crippen LogP contribution in [0.5, 0.6) is 0 Å². The molecule has 2 unspecified atom stereocenters. The van der Waals surface area contributed by atoms with Gasteiger partial charge in [-0.25, -0.2) is 0 Å². The number of hydrogen-bond donors (Lipinski definition) is 1. The van der Waals surface area contributed by atoms with E-state index in [1.165, 1.54) is 77.8 Å². The molecule has 3 aliphatic heterocycles. The summed E-state index contributed by atoms with van der Waals surface area (Å²) in [5.41, 5.74) is 0. The Morgan fingerprint density at radius 3 is 2.32 bits per heavy atom. The molecule has 0 aromatic rings. The molecule has 3 aliphatic rings. The van der Waals surface area contributed by atoms with Crippen LogP contribution in [0.4, 0.5) is 0 Å². The van der Waals surface area contributed by atoms with Gasteiger partial charge < -0.3 is 10.2 Å². The van der Waals surface area contributed by atoms with E-state index in [0.29, 0.717) is 0 Å². The van der Waals surface area contributed by atoms with Crippen molar-refractivity contribution in [3.63, 3.8) is 0 Å². The summed E-state index contributed by atoms with van der Waals surface area (Å²) in [6, 6.07) is 1.56. The van der Waals surface area contributed by atoms with E-state index in [1.54, 1.807) is 0 Å². The van der Waals surface area contributed by atoms with Gasteiger partial charge in [-0.1, -0.05) is 0 Å². The fourth-order valence-electron chi connectivity index (χ4n) is 4.13. The Balaban J connectivity index is 1.39. The first-order chi connectivity index (χ1) is 9.31. The van der Waals surface area contributed by atoms with E-state index < -0.39 is 0 Å². The van der Waals surface area contributed by atoms with Gasteiger partial charge in [-0.15, -0.1) is 0 Å². The number of nitrogens with zero attached hydrogens (tertiary/aromatic N) is 2. The minimum Gasteiger partial charge on any atom is -0.313 e. The van der Waals surface area contributed by atoms with Crippen LogP contribution >= 0.6 is 0 Å². The van der Waals surface area contributed by atoms with E-state index in [0.717, 1.165) is 18.0 Å². The van der Waals surface area contributed by atoms with Gasteiger partial charge in [0.15, 0.2) is 0 Å². The van der Waals surface area contributed by atoms with E-state index in [1.807, 2.05) is 0 Å². The number of piperidine rings is 2. The summed E-state index contributed by atoms with van der Waals surface area (Å²) in [6.07, 6.45) is 8.50. The lowest BCUT2D eigenvalue weighted by Crippen LogP contribution is -2.51. The summed E-state index contributed by atoms with van der Waals surface area (Å²) in [5.74, 6) is 0.977. The maximum Gasteiger partial charge on any atom is 0.0221 e. The lowest BCUT2D eigenvalue weighted by molar-refractivity contribution is 0.0953. The summed E-state index contributed by atoms with van der Waals surface area (Å²) in [4.78, 5) is 5.46. The lowest BCUT2D eigenvalue weighted by atomic mass is 9.93. The molecule has 3 heterocycles. The van der Waals surface area contributed by atoms with Crippen LogP contribution in [0.15, 0.2) is 0 Å². The Bertz CT molecular complexity index is 259. The molecule has 3 saturated heterocycles. The zero-order valence-corrected chi connectivity index (χ0v) is 12.6. The third-order valence-electron chi connectivity index (χ3n) is 5.52. The SMILES string of the molecule is CC1CCC(N2CCC(CN3CCCC3)CC2)CN1. The highest BCUT2D eigenvalue weighted by Gasteiger charge is 2.28. The van der Waals surface area contributed by atoms with E-state index in [4.69, 9.17) is 0 Å². The third kappa shape index (κ3) is 3.71. The van der Waals surface area contributed by atoms with Crippen molar-refractivity contribution in [2.45, 2.75) is 57.5 Å². The van der Waals surface area contributed by atoms with Gasteiger partial charge in [0.1, 0.15) is 0 Å². The molecule has 19 heavy (non-hydrogen) atoms. The normalized spacial score (nSPS) is 35.8. The highest BCUT2D eigenvalue weighted by atomic mass is 15.2. The summed E-state index contributed by atoms with van der Waals surface area (Å²) >= 11 is 0. The van der Waals surface area contributed by atoms with E-state index >= 15 is 0 Å². The second kappa shape index (κ2) is 6.55. The standard InChI is InChI=1S/C16H31N3/c1-14-4-5-16(12-17-14)19-10-6-15(7-11-19)13-18-8-2-3-9-18/h14-17H,2-13H2,1H3. The number of nitrogens with one attached hydrogen (secondary N) is 1. The maximum atomic E-state index is 3.65. The first-order valence-corrected chi connectivity index (χ1v) is 8.51. The zero-order chi connectivity index (χ0) is 13.1.